The third-order valence-electron chi connectivity index (χ3n) is 2.45. The first-order chi connectivity index (χ1) is 5.95. The van der Waals surface area contributed by atoms with Crippen molar-refractivity contribution in [2.45, 2.75) is 19.3 Å². The summed E-state index contributed by atoms with van der Waals surface area (Å²) in [4.78, 5) is 0. The van der Waals surface area contributed by atoms with Gasteiger partial charge in [0.1, 0.15) is 0 Å². The minimum Gasteiger partial charge on any atom is -0.0882 e. The lowest BCUT2D eigenvalue weighted by atomic mass is 9.99. The van der Waals surface area contributed by atoms with Gasteiger partial charge in [-0.15, -0.1) is 0 Å². The number of hydrogen-bond donors (Lipinski definition) is 0. The van der Waals surface area contributed by atoms with Crippen LogP contribution in [0.25, 0.3) is 0 Å². The molecule has 1 aromatic rings. The molecule has 1 aliphatic rings. The second-order valence-electron chi connectivity index (χ2n) is 3.46. The molecule has 0 saturated carbocycles. The summed E-state index contributed by atoms with van der Waals surface area (Å²) in [6, 6.07) is 10.7. The van der Waals surface area contributed by atoms with Crippen molar-refractivity contribution in [3.8, 4) is 0 Å². The van der Waals surface area contributed by atoms with Crippen LogP contribution in [0.2, 0.25) is 0 Å². The average Bonchev–Trinajstić information content (AvgIpc) is 2.59. The lowest BCUT2D eigenvalue weighted by Gasteiger charge is -2.06. The molecule has 0 radical (unpaired) electrons. The van der Waals surface area contributed by atoms with Crippen LogP contribution in [-0.4, -0.2) is 0 Å². The second-order valence-corrected chi connectivity index (χ2v) is 3.46. The zero-order valence-electron chi connectivity index (χ0n) is 7.24. The molecule has 0 spiro atoms. The smallest absolute Gasteiger partial charge is 0.0190 e. The summed E-state index contributed by atoms with van der Waals surface area (Å²) in [5.41, 5.74) is 1.47. The Labute approximate surface area is 73.9 Å². The number of allylic oxidation sites excluding steroid dienone is 2. The number of hydrogen-bond acceptors (Lipinski definition) is 0. The lowest BCUT2D eigenvalue weighted by Crippen LogP contribution is -1.96. The van der Waals surface area contributed by atoms with Crippen molar-refractivity contribution < 1.29 is 0 Å². The summed E-state index contributed by atoms with van der Waals surface area (Å²) in [5.74, 6) is 0.799. The molecule has 1 atom stereocenters. The van der Waals surface area contributed by atoms with Crippen LogP contribution < -0.4 is 0 Å². The van der Waals surface area contributed by atoms with Gasteiger partial charge in [0.2, 0.25) is 0 Å². The van der Waals surface area contributed by atoms with Crippen LogP contribution in [0, 0.1) is 5.92 Å². The number of rotatable bonds is 2. The summed E-state index contributed by atoms with van der Waals surface area (Å²) < 4.78 is 0. The molecule has 0 amide bonds. The van der Waals surface area contributed by atoms with E-state index in [2.05, 4.69) is 42.5 Å². The molecule has 0 bridgehead atoms. The molecule has 2 rings (SSSR count). The van der Waals surface area contributed by atoms with Gasteiger partial charge in [0.25, 0.3) is 0 Å². The van der Waals surface area contributed by atoms with Crippen molar-refractivity contribution in [1.29, 1.82) is 0 Å². The maximum absolute atomic E-state index is 2.35. The van der Waals surface area contributed by atoms with Gasteiger partial charge in [0.15, 0.2) is 0 Å². The van der Waals surface area contributed by atoms with Crippen LogP contribution in [0.4, 0.5) is 0 Å². The number of benzene rings is 1. The van der Waals surface area contributed by atoms with Crippen molar-refractivity contribution in [3.63, 3.8) is 0 Å². The van der Waals surface area contributed by atoms with Crippen LogP contribution in [0.15, 0.2) is 42.5 Å². The molecule has 0 heteroatoms. The fourth-order valence-corrected chi connectivity index (χ4v) is 1.78. The van der Waals surface area contributed by atoms with Crippen molar-refractivity contribution in [2.24, 2.45) is 5.92 Å². The Balaban J connectivity index is 1.99. The minimum absolute atomic E-state index is 0.799. The third-order valence-corrected chi connectivity index (χ3v) is 2.45. The van der Waals surface area contributed by atoms with Crippen LogP contribution in [0.1, 0.15) is 18.4 Å². The van der Waals surface area contributed by atoms with Crippen LogP contribution in [-0.2, 0) is 6.42 Å². The van der Waals surface area contributed by atoms with E-state index in [0.29, 0.717) is 0 Å². The van der Waals surface area contributed by atoms with E-state index in [4.69, 9.17) is 0 Å². The standard InChI is InChI=1S/C12H14/c1-2-6-11(7-3-1)10-12-8-4-5-9-12/h1-4,6-8,12H,5,9-10H2. The summed E-state index contributed by atoms with van der Waals surface area (Å²) in [6.45, 7) is 0. The third kappa shape index (κ3) is 1.76. The lowest BCUT2D eigenvalue weighted by molar-refractivity contribution is 0.630. The highest BCUT2D eigenvalue weighted by molar-refractivity contribution is 5.17. The van der Waals surface area contributed by atoms with E-state index in [0.717, 1.165) is 5.92 Å². The van der Waals surface area contributed by atoms with Gasteiger partial charge in [-0.25, -0.2) is 0 Å². The maximum atomic E-state index is 2.35. The molecule has 0 N–H and O–H groups in total. The molecule has 1 unspecified atom stereocenters. The van der Waals surface area contributed by atoms with Gasteiger partial charge in [-0.1, -0.05) is 42.5 Å². The quantitative estimate of drug-likeness (QED) is 0.580. The van der Waals surface area contributed by atoms with E-state index in [-0.39, 0.29) is 0 Å². The van der Waals surface area contributed by atoms with E-state index >= 15 is 0 Å². The highest BCUT2D eigenvalue weighted by atomic mass is 14.1. The summed E-state index contributed by atoms with van der Waals surface area (Å²) in [7, 11) is 0. The molecule has 1 aliphatic carbocycles. The van der Waals surface area contributed by atoms with Crippen LogP contribution in [0.5, 0.6) is 0 Å². The largest absolute Gasteiger partial charge is 0.0882 e. The van der Waals surface area contributed by atoms with Crippen molar-refractivity contribution in [1.82, 2.24) is 0 Å². The van der Waals surface area contributed by atoms with Crippen molar-refractivity contribution >= 4 is 0 Å². The molecule has 12 heavy (non-hydrogen) atoms. The predicted molar refractivity (Wildman–Crippen MR) is 52.0 cm³/mol. The summed E-state index contributed by atoms with van der Waals surface area (Å²) in [5, 5.41) is 0. The fourth-order valence-electron chi connectivity index (χ4n) is 1.78. The highest BCUT2D eigenvalue weighted by Crippen LogP contribution is 2.21. The van der Waals surface area contributed by atoms with Crippen LogP contribution >= 0.6 is 0 Å². The van der Waals surface area contributed by atoms with E-state index in [1.807, 2.05) is 0 Å². The van der Waals surface area contributed by atoms with Gasteiger partial charge >= 0.3 is 0 Å². The van der Waals surface area contributed by atoms with Gasteiger partial charge < -0.3 is 0 Å². The molecule has 0 aliphatic heterocycles. The Bertz CT molecular complexity index is 259. The molecular formula is C12H14. The molecule has 1 aromatic carbocycles. The Kier molecular flexibility index (Phi) is 2.26. The van der Waals surface area contributed by atoms with Gasteiger partial charge in [0, 0.05) is 0 Å². The molecular weight excluding hydrogens is 144 g/mol. The normalized spacial score (nSPS) is 21.5. The Hall–Kier alpha value is -1.04. The Morgan fingerprint density at radius 1 is 1.17 bits per heavy atom. The fraction of sp³-hybridized carbons (Fsp3) is 0.333. The molecule has 62 valence electrons. The molecule has 0 aromatic heterocycles. The average molecular weight is 158 g/mol. The van der Waals surface area contributed by atoms with E-state index in [1.165, 1.54) is 24.8 Å². The first-order valence-corrected chi connectivity index (χ1v) is 4.66. The van der Waals surface area contributed by atoms with Crippen LogP contribution in [0.3, 0.4) is 0 Å². The second kappa shape index (κ2) is 3.57. The van der Waals surface area contributed by atoms with E-state index < -0.39 is 0 Å². The summed E-state index contributed by atoms with van der Waals surface area (Å²) >= 11 is 0. The monoisotopic (exact) mass is 158 g/mol. The highest BCUT2D eigenvalue weighted by Gasteiger charge is 2.08. The SMILES string of the molecule is C1=CC(Cc2ccccc2)CC1. The topological polar surface area (TPSA) is 0 Å². The van der Waals surface area contributed by atoms with Gasteiger partial charge in [-0.2, -0.15) is 0 Å². The van der Waals surface area contributed by atoms with Crippen molar-refractivity contribution in [3.05, 3.63) is 48.0 Å². The molecule has 0 nitrogen and oxygen atoms in total. The predicted octanol–water partition coefficient (Wildman–Crippen LogP) is 3.20. The first kappa shape index (κ1) is 7.60. The zero-order chi connectivity index (χ0) is 8.23. The van der Waals surface area contributed by atoms with E-state index in [1.54, 1.807) is 0 Å². The minimum atomic E-state index is 0.799. The van der Waals surface area contributed by atoms with E-state index in [9.17, 15) is 0 Å². The maximum Gasteiger partial charge on any atom is -0.0190 e. The Morgan fingerprint density at radius 2 is 2.00 bits per heavy atom. The molecule has 0 fully saturated rings. The van der Waals surface area contributed by atoms with Gasteiger partial charge in [0.05, 0.1) is 0 Å². The Morgan fingerprint density at radius 3 is 2.67 bits per heavy atom. The van der Waals surface area contributed by atoms with Gasteiger partial charge in [-0.3, -0.25) is 0 Å². The molecule has 0 heterocycles. The zero-order valence-corrected chi connectivity index (χ0v) is 7.24. The first-order valence-electron chi connectivity index (χ1n) is 4.66. The van der Waals surface area contributed by atoms with Gasteiger partial charge in [-0.05, 0) is 30.7 Å². The summed E-state index contributed by atoms with van der Waals surface area (Å²) in [6.07, 6.45) is 8.49. The van der Waals surface area contributed by atoms with Crippen molar-refractivity contribution in [2.75, 3.05) is 0 Å². The molecule has 0 saturated heterocycles.